The molecular weight excluding hydrogens is 346 g/mol. The normalized spacial score (nSPS) is 20.7. The molecule has 2 aromatic carbocycles. The predicted molar refractivity (Wildman–Crippen MR) is 123 cm³/mol. The van der Waals surface area contributed by atoms with Crippen molar-refractivity contribution in [1.82, 2.24) is 4.72 Å². The standard InChI is InChI=1S/C25H33NS/c1-16-13-17-14-22-20(18-11-9-10-12-21(18)25(22,5)6)15-19(17)23(16)27(7,8)26-24(2,3)4/h9-15,23,26H,1-8H3. The van der Waals surface area contributed by atoms with Crippen molar-refractivity contribution in [2.24, 2.45) is 0 Å². The van der Waals surface area contributed by atoms with Crippen molar-refractivity contribution in [1.29, 1.82) is 0 Å². The third-order valence-corrected chi connectivity index (χ3v) is 8.97. The highest BCUT2D eigenvalue weighted by molar-refractivity contribution is 8.31. The quantitative estimate of drug-likeness (QED) is 0.604. The van der Waals surface area contributed by atoms with Gasteiger partial charge in [-0.1, -0.05) is 49.8 Å². The lowest BCUT2D eigenvalue weighted by atomic mass is 9.82. The molecule has 0 aliphatic heterocycles. The Kier molecular flexibility index (Phi) is 4.01. The second-order valence-electron chi connectivity index (χ2n) is 10.2. The topological polar surface area (TPSA) is 12.0 Å². The molecule has 0 spiro atoms. The molecule has 0 bridgehead atoms. The summed E-state index contributed by atoms with van der Waals surface area (Å²) in [5.41, 5.74) is 10.4. The fraction of sp³-hybridized carbons (Fsp3) is 0.440. The monoisotopic (exact) mass is 379 g/mol. The molecule has 0 heterocycles. The van der Waals surface area contributed by atoms with Crippen LogP contribution < -0.4 is 4.72 Å². The maximum absolute atomic E-state index is 3.95. The minimum Gasteiger partial charge on any atom is -0.275 e. The minimum atomic E-state index is -1.02. The van der Waals surface area contributed by atoms with E-state index in [1.165, 1.54) is 39.0 Å². The smallest absolute Gasteiger partial charge is 0.0465 e. The van der Waals surface area contributed by atoms with Gasteiger partial charge in [-0.3, -0.25) is 4.72 Å². The first-order chi connectivity index (χ1) is 12.4. The van der Waals surface area contributed by atoms with Gasteiger partial charge < -0.3 is 0 Å². The van der Waals surface area contributed by atoms with Crippen LogP contribution in [0.15, 0.2) is 42.0 Å². The maximum atomic E-state index is 3.95. The Morgan fingerprint density at radius 3 is 2.30 bits per heavy atom. The van der Waals surface area contributed by atoms with Crippen molar-refractivity contribution >= 4 is 16.3 Å². The van der Waals surface area contributed by atoms with Gasteiger partial charge in [0, 0.05) is 16.2 Å². The number of hydrogen-bond donors (Lipinski definition) is 1. The van der Waals surface area contributed by atoms with E-state index in [4.69, 9.17) is 0 Å². The minimum absolute atomic E-state index is 0.0762. The van der Waals surface area contributed by atoms with Gasteiger partial charge in [0.2, 0.25) is 0 Å². The van der Waals surface area contributed by atoms with E-state index in [1.807, 2.05) is 0 Å². The molecule has 27 heavy (non-hydrogen) atoms. The van der Waals surface area contributed by atoms with E-state index in [-0.39, 0.29) is 11.0 Å². The summed E-state index contributed by atoms with van der Waals surface area (Å²) >= 11 is 0. The first-order valence-electron chi connectivity index (χ1n) is 9.89. The molecule has 0 fully saturated rings. The molecule has 0 saturated carbocycles. The third-order valence-electron chi connectivity index (χ3n) is 6.02. The number of nitrogens with one attached hydrogen (secondary N) is 1. The van der Waals surface area contributed by atoms with Gasteiger partial charge >= 0.3 is 0 Å². The van der Waals surface area contributed by atoms with Crippen molar-refractivity contribution < 1.29 is 0 Å². The molecule has 1 nitrogen and oxygen atoms in total. The molecule has 2 aliphatic rings. The molecule has 144 valence electrons. The zero-order chi connectivity index (χ0) is 19.8. The van der Waals surface area contributed by atoms with Crippen LogP contribution in [0.5, 0.6) is 0 Å². The summed E-state index contributed by atoms with van der Waals surface area (Å²) < 4.78 is 3.95. The second-order valence-corrected chi connectivity index (χ2v) is 13.7. The molecule has 1 N–H and O–H groups in total. The summed E-state index contributed by atoms with van der Waals surface area (Å²) in [5, 5.41) is 0.480. The lowest BCUT2D eigenvalue weighted by molar-refractivity contribution is 0.529. The van der Waals surface area contributed by atoms with Gasteiger partial charge in [0.05, 0.1) is 0 Å². The van der Waals surface area contributed by atoms with E-state index in [2.05, 4.69) is 101 Å². The first kappa shape index (κ1) is 18.8. The zero-order valence-corrected chi connectivity index (χ0v) is 18.8. The molecule has 0 saturated heterocycles. The highest BCUT2D eigenvalue weighted by atomic mass is 32.3. The summed E-state index contributed by atoms with van der Waals surface area (Å²) in [5.74, 6) is 0. The van der Waals surface area contributed by atoms with Gasteiger partial charge in [-0.15, -0.1) is 0 Å². The van der Waals surface area contributed by atoms with E-state index < -0.39 is 10.2 Å². The van der Waals surface area contributed by atoms with E-state index in [9.17, 15) is 0 Å². The van der Waals surface area contributed by atoms with Crippen LogP contribution in [0.2, 0.25) is 0 Å². The fourth-order valence-corrected chi connectivity index (χ4v) is 8.86. The van der Waals surface area contributed by atoms with Gasteiger partial charge in [-0.2, -0.15) is 10.2 Å². The number of benzene rings is 2. The molecule has 2 aliphatic carbocycles. The average Bonchev–Trinajstić information content (AvgIpc) is 2.96. The van der Waals surface area contributed by atoms with Crippen LogP contribution in [0.4, 0.5) is 0 Å². The van der Waals surface area contributed by atoms with Crippen LogP contribution in [0.3, 0.4) is 0 Å². The van der Waals surface area contributed by atoms with Crippen LogP contribution in [0, 0.1) is 0 Å². The predicted octanol–water partition coefficient (Wildman–Crippen LogP) is 6.82. The Bertz CT molecular complexity index is 957. The van der Waals surface area contributed by atoms with Gasteiger partial charge in [-0.25, -0.2) is 0 Å². The summed E-state index contributed by atoms with van der Waals surface area (Å²) in [4.78, 5) is 0. The summed E-state index contributed by atoms with van der Waals surface area (Å²) in [6.07, 6.45) is 7.29. The van der Waals surface area contributed by atoms with Crippen molar-refractivity contribution in [3.8, 4) is 11.1 Å². The lowest BCUT2D eigenvalue weighted by Crippen LogP contribution is -2.39. The first-order valence-corrected chi connectivity index (χ1v) is 12.4. The van der Waals surface area contributed by atoms with Crippen LogP contribution in [0.25, 0.3) is 17.2 Å². The summed E-state index contributed by atoms with van der Waals surface area (Å²) in [7, 11) is -1.02. The van der Waals surface area contributed by atoms with E-state index in [0.29, 0.717) is 5.25 Å². The fourth-order valence-electron chi connectivity index (χ4n) is 5.33. The van der Waals surface area contributed by atoms with E-state index >= 15 is 0 Å². The van der Waals surface area contributed by atoms with Crippen LogP contribution in [0.1, 0.15) is 69.0 Å². The molecule has 2 heteroatoms. The summed E-state index contributed by atoms with van der Waals surface area (Å²) in [6.45, 7) is 13.9. The Hall–Kier alpha value is -1.51. The molecule has 2 aromatic rings. The van der Waals surface area contributed by atoms with Gasteiger partial charge in [0.15, 0.2) is 0 Å². The lowest BCUT2D eigenvalue weighted by Gasteiger charge is -2.45. The van der Waals surface area contributed by atoms with Crippen LogP contribution in [-0.4, -0.2) is 18.1 Å². The molecule has 4 rings (SSSR count). The van der Waals surface area contributed by atoms with E-state index in [0.717, 1.165) is 0 Å². The Labute approximate surface area is 166 Å². The second kappa shape index (κ2) is 5.75. The van der Waals surface area contributed by atoms with Crippen molar-refractivity contribution in [2.45, 2.75) is 57.7 Å². The number of hydrogen-bond acceptors (Lipinski definition) is 1. The number of rotatable bonds is 2. The molecule has 0 radical (unpaired) electrons. The zero-order valence-electron chi connectivity index (χ0n) is 18.0. The molecule has 0 aromatic heterocycles. The van der Waals surface area contributed by atoms with Crippen molar-refractivity contribution in [2.75, 3.05) is 12.5 Å². The van der Waals surface area contributed by atoms with Gasteiger partial charge in [0.1, 0.15) is 0 Å². The average molecular weight is 380 g/mol. The van der Waals surface area contributed by atoms with Crippen molar-refractivity contribution in [3.63, 3.8) is 0 Å². The van der Waals surface area contributed by atoms with Crippen LogP contribution >= 0.6 is 10.2 Å². The van der Waals surface area contributed by atoms with E-state index in [1.54, 1.807) is 0 Å². The largest absolute Gasteiger partial charge is 0.275 e. The number of fused-ring (bicyclic) bond motifs is 4. The highest BCUT2D eigenvalue weighted by Crippen LogP contribution is 2.61. The van der Waals surface area contributed by atoms with Crippen LogP contribution in [-0.2, 0) is 5.41 Å². The highest BCUT2D eigenvalue weighted by Gasteiger charge is 2.40. The SMILES string of the molecule is CC1=Cc2cc3c(cc2C1S(C)(C)NC(C)(C)C)-c1ccccc1C3(C)C. The molecular formula is C25H33NS. The Balaban J connectivity index is 1.88. The summed E-state index contributed by atoms with van der Waals surface area (Å²) in [6, 6.07) is 13.9. The van der Waals surface area contributed by atoms with Gasteiger partial charge in [0.25, 0.3) is 0 Å². The molecule has 1 unspecified atom stereocenters. The Morgan fingerprint density at radius 2 is 1.63 bits per heavy atom. The molecule has 1 atom stereocenters. The van der Waals surface area contributed by atoms with Crippen molar-refractivity contribution in [3.05, 3.63) is 64.2 Å². The Morgan fingerprint density at radius 1 is 0.963 bits per heavy atom. The van der Waals surface area contributed by atoms with Gasteiger partial charge in [-0.05, 0) is 85.7 Å². The third kappa shape index (κ3) is 2.89. The maximum Gasteiger partial charge on any atom is 0.0465 e. The molecule has 0 amide bonds.